The summed E-state index contributed by atoms with van der Waals surface area (Å²) in [5.74, 6) is 0.468. The van der Waals surface area contributed by atoms with Crippen LogP contribution in [-0.4, -0.2) is 41.2 Å². The summed E-state index contributed by atoms with van der Waals surface area (Å²) in [6, 6.07) is 7.21. The monoisotopic (exact) mass is 404 g/mol. The molecule has 152 valence electrons. The molecule has 0 aliphatic carbocycles. The van der Waals surface area contributed by atoms with E-state index in [9.17, 15) is 18.0 Å². The lowest BCUT2D eigenvalue weighted by Gasteiger charge is -2.17. The van der Waals surface area contributed by atoms with Gasteiger partial charge in [-0.05, 0) is 48.9 Å². The lowest BCUT2D eigenvalue weighted by molar-refractivity contribution is -0.138. The van der Waals surface area contributed by atoms with Crippen molar-refractivity contribution in [3.05, 3.63) is 71.2 Å². The molecule has 9 heteroatoms. The highest BCUT2D eigenvalue weighted by molar-refractivity contribution is 5.80. The number of pyridine rings is 1. The van der Waals surface area contributed by atoms with Gasteiger partial charge in [-0.2, -0.15) is 18.3 Å². The topological polar surface area (TPSA) is 69.0 Å². The van der Waals surface area contributed by atoms with E-state index in [1.54, 1.807) is 42.3 Å². The molecule has 0 saturated heterocycles. The number of hydrogen-bond acceptors (Lipinski definition) is 5. The van der Waals surface area contributed by atoms with Gasteiger partial charge in [0.25, 0.3) is 0 Å². The van der Waals surface area contributed by atoms with Crippen molar-refractivity contribution >= 4 is 6.29 Å². The zero-order valence-corrected chi connectivity index (χ0v) is 15.6. The second kappa shape index (κ2) is 8.87. The Hall–Kier alpha value is -3.20. The Bertz CT molecular complexity index is 955. The van der Waals surface area contributed by atoms with Gasteiger partial charge >= 0.3 is 6.18 Å². The van der Waals surface area contributed by atoms with Crippen LogP contribution >= 0.6 is 0 Å². The standard InChI is InChI=1S/C20H19F3N4O2/c1-24-6-8-29-18-11-17(20(21,22)23)15(10-16(18)13-28)9-14-3-4-19(25-12-14)27-7-2-5-26-27/h2-5,7,10-13,24H,6,8-9H2,1H3. The number of halogens is 3. The molecule has 0 amide bonds. The van der Waals surface area contributed by atoms with Crippen LogP contribution in [0, 0.1) is 0 Å². The van der Waals surface area contributed by atoms with Gasteiger partial charge in [0.05, 0.1) is 11.1 Å². The van der Waals surface area contributed by atoms with E-state index in [0.29, 0.717) is 24.2 Å². The summed E-state index contributed by atoms with van der Waals surface area (Å²) < 4.78 is 47.8. The zero-order chi connectivity index (χ0) is 20.9. The van der Waals surface area contributed by atoms with Gasteiger partial charge in [-0.3, -0.25) is 4.79 Å². The molecule has 0 spiro atoms. The molecule has 0 atom stereocenters. The van der Waals surface area contributed by atoms with Gasteiger partial charge < -0.3 is 10.1 Å². The van der Waals surface area contributed by atoms with E-state index >= 15 is 0 Å². The van der Waals surface area contributed by atoms with Crippen LogP contribution in [0.4, 0.5) is 13.2 Å². The molecule has 2 aromatic heterocycles. The Morgan fingerprint density at radius 1 is 1.28 bits per heavy atom. The SMILES string of the molecule is CNCCOc1cc(C(F)(F)F)c(Cc2ccc(-n3cccn3)nc2)cc1C=O. The van der Waals surface area contributed by atoms with Gasteiger partial charge in [0.15, 0.2) is 12.1 Å². The molecule has 29 heavy (non-hydrogen) atoms. The van der Waals surface area contributed by atoms with E-state index in [1.165, 1.54) is 12.3 Å². The molecular weight excluding hydrogens is 385 g/mol. The molecule has 0 radical (unpaired) electrons. The molecule has 0 aliphatic heterocycles. The highest BCUT2D eigenvalue weighted by Gasteiger charge is 2.34. The summed E-state index contributed by atoms with van der Waals surface area (Å²) in [7, 11) is 1.69. The van der Waals surface area contributed by atoms with E-state index in [0.717, 1.165) is 6.07 Å². The first-order valence-electron chi connectivity index (χ1n) is 8.84. The van der Waals surface area contributed by atoms with Crippen molar-refractivity contribution in [2.45, 2.75) is 12.6 Å². The Balaban J connectivity index is 1.91. The Morgan fingerprint density at radius 3 is 2.69 bits per heavy atom. The minimum absolute atomic E-state index is 0.0193. The van der Waals surface area contributed by atoms with Crippen molar-refractivity contribution in [1.29, 1.82) is 0 Å². The van der Waals surface area contributed by atoms with E-state index in [1.807, 2.05) is 0 Å². The number of likely N-dealkylation sites (N-methyl/N-ethyl adjacent to an activating group) is 1. The molecule has 0 unspecified atom stereocenters. The lowest BCUT2D eigenvalue weighted by atomic mass is 9.97. The number of rotatable bonds is 8. The predicted molar refractivity (Wildman–Crippen MR) is 100 cm³/mol. The van der Waals surface area contributed by atoms with Crippen LogP contribution in [0.3, 0.4) is 0 Å². The average molecular weight is 404 g/mol. The first kappa shape index (κ1) is 20.5. The minimum Gasteiger partial charge on any atom is -0.492 e. The summed E-state index contributed by atoms with van der Waals surface area (Å²) in [4.78, 5) is 15.6. The van der Waals surface area contributed by atoms with Crippen LogP contribution in [0.25, 0.3) is 5.82 Å². The highest BCUT2D eigenvalue weighted by Crippen LogP contribution is 2.37. The number of benzene rings is 1. The van der Waals surface area contributed by atoms with Crippen LogP contribution in [0.5, 0.6) is 5.75 Å². The maximum Gasteiger partial charge on any atom is 0.416 e. The smallest absolute Gasteiger partial charge is 0.416 e. The number of carbonyl (C=O) groups is 1. The second-order valence-electron chi connectivity index (χ2n) is 6.27. The maximum atomic E-state index is 13.6. The zero-order valence-electron chi connectivity index (χ0n) is 15.6. The van der Waals surface area contributed by atoms with Gasteiger partial charge in [0, 0.05) is 25.1 Å². The van der Waals surface area contributed by atoms with Crippen LogP contribution in [0.2, 0.25) is 0 Å². The molecule has 0 bridgehead atoms. The fourth-order valence-corrected chi connectivity index (χ4v) is 2.82. The minimum atomic E-state index is -4.58. The Labute approximate surface area is 165 Å². The molecule has 1 aromatic carbocycles. The summed E-state index contributed by atoms with van der Waals surface area (Å²) in [5.41, 5.74) is -0.203. The van der Waals surface area contributed by atoms with Crippen LogP contribution < -0.4 is 10.1 Å². The number of aromatic nitrogens is 3. The largest absolute Gasteiger partial charge is 0.492 e. The number of nitrogens with zero attached hydrogens (tertiary/aromatic N) is 3. The number of carbonyl (C=O) groups excluding carboxylic acids is 1. The molecule has 6 nitrogen and oxygen atoms in total. The summed E-state index contributed by atoms with van der Waals surface area (Å²) >= 11 is 0. The molecule has 2 heterocycles. The number of hydrogen-bond donors (Lipinski definition) is 1. The van der Waals surface area contributed by atoms with E-state index in [-0.39, 0.29) is 29.9 Å². The van der Waals surface area contributed by atoms with Gasteiger partial charge in [0.1, 0.15) is 12.4 Å². The number of nitrogens with one attached hydrogen (secondary N) is 1. The number of ether oxygens (including phenoxy) is 1. The molecular formula is C20H19F3N4O2. The third kappa shape index (κ3) is 5.00. The van der Waals surface area contributed by atoms with Crippen molar-refractivity contribution in [1.82, 2.24) is 20.1 Å². The quantitative estimate of drug-likeness (QED) is 0.461. The Kier molecular flexibility index (Phi) is 6.28. The van der Waals surface area contributed by atoms with Crippen molar-refractivity contribution in [2.75, 3.05) is 20.2 Å². The normalized spacial score (nSPS) is 11.4. The molecule has 1 N–H and O–H groups in total. The summed E-state index contributed by atoms with van der Waals surface area (Å²) in [6.07, 6.45) is 0.699. The molecule has 0 aliphatic rings. The number of alkyl halides is 3. The fourth-order valence-electron chi connectivity index (χ4n) is 2.82. The Morgan fingerprint density at radius 2 is 2.10 bits per heavy atom. The van der Waals surface area contributed by atoms with E-state index in [4.69, 9.17) is 4.74 Å². The van der Waals surface area contributed by atoms with Crippen molar-refractivity contribution in [3.63, 3.8) is 0 Å². The van der Waals surface area contributed by atoms with Gasteiger partial charge in [-0.1, -0.05) is 6.07 Å². The average Bonchev–Trinajstić information content (AvgIpc) is 3.23. The van der Waals surface area contributed by atoms with Gasteiger partial charge in [0.2, 0.25) is 0 Å². The molecule has 0 fully saturated rings. The van der Waals surface area contributed by atoms with Crippen molar-refractivity contribution in [3.8, 4) is 11.6 Å². The van der Waals surface area contributed by atoms with Crippen LogP contribution in [0.15, 0.2) is 48.9 Å². The molecule has 3 rings (SSSR count). The fraction of sp³-hybridized carbons (Fsp3) is 0.250. The van der Waals surface area contributed by atoms with Crippen molar-refractivity contribution < 1.29 is 22.7 Å². The first-order chi connectivity index (χ1) is 13.9. The van der Waals surface area contributed by atoms with Crippen LogP contribution in [-0.2, 0) is 12.6 Å². The molecule has 0 saturated carbocycles. The number of aldehydes is 1. The van der Waals surface area contributed by atoms with E-state index < -0.39 is 11.7 Å². The van der Waals surface area contributed by atoms with Crippen LogP contribution in [0.1, 0.15) is 27.0 Å². The second-order valence-corrected chi connectivity index (χ2v) is 6.27. The third-order valence-corrected chi connectivity index (χ3v) is 4.22. The van der Waals surface area contributed by atoms with Gasteiger partial charge in [-0.15, -0.1) is 0 Å². The maximum absolute atomic E-state index is 13.6. The van der Waals surface area contributed by atoms with Gasteiger partial charge in [-0.25, -0.2) is 9.67 Å². The van der Waals surface area contributed by atoms with E-state index in [2.05, 4.69) is 15.4 Å². The molecule has 3 aromatic rings. The van der Waals surface area contributed by atoms with Crippen molar-refractivity contribution in [2.24, 2.45) is 0 Å². The summed E-state index contributed by atoms with van der Waals surface area (Å²) in [6.45, 7) is 0.586. The summed E-state index contributed by atoms with van der Waals surface area (Å²) in [5, 5.41) is 6.89. The predicted octanol–water partition coefficient (Wildman–Crippen LogP) is 3.29. The third-order valence-electron chi connectivity index (χ3n) is 4.22. The highest BCUT2D eigenvalue weighted by atomic mass is 19.4. The first-order valence-corrected chi connectivity index (χ1v) is 8.84. The lowest BCUT2D eigenvalue weighted by Crippen LogP contribution is -2.17.